The second-order valence-electron chi connectivity index (χ2n) is 14.5. The molecule has 0 unspecified atom stereocenters. The van der Waals surface area contributed by atoms with Crippen LogP contribution in [0.4, 0.5) is 17.1 Å². The highest BCUT2D eigenvalue weighted by atomic mass is 32.1. The van der Waals surface area contributed by atoms with Crippen molar-refractivity contribution in [3.8, 4) is 16.8 Å². The van der Waals surface area contributed by atoms with Gasteiger partial charge in [-0.2, -0.15) is 0 Å². The van der Waals surface area contributed by atoms with E-state index in [-0.39, 0.29) is 0 Å². The minimum atomic E-state index is 0.861. The first-order valence-electron chi connectivity index (χ1n) is 19.0. The SMILES string of the molecule is c1cc(-c2ccc3c(c2)sc2ccccc23)cc(N(c2ccccc2-n2c3ccccc3c3ccccc32)c2cccc3oc4c5ccccc5ccc4c23)c1. The molecule has 0 saturated heterocycles. The fourth-order valence-electron chi connectivity index (χ4n) is 8.88. The molecule has 4 heteroatoms. The number of rotatable bonds is 5. The standard InChI is InChI=1S/C52H32N2OS/c1-2-16-37-33(13-1)27-30-42-51-47(24-12-25-48(51)55-52(37)42)53(36-15-11-14-34(31-36)35-28-29-41-40-19-5-10-26-49(40)56-50(41)32-35)45-22-8-9-23-46(45)54-43-20-6-3-17-38(43)39-18-4-7-21-44(39)54/h1-32H. The molecule has 0 fully saturated rings. The van der Waals surface area contributed by atoms with Gasteiger partial charge in [0.15, 0.2) is 0 Å². The van der Waals surface area contributed by atoms with E-state index >= 15 is 0 Å². The molecule has 0 aliphatic rings. The number of thiophene rings is 1. The maximum atomic E-state index is 6.77. The average molecular weight is 733 g/mol. The Morgan fingerprint density at radius 3 is 1.93 bits per heavy atom. The third kappa shape index (κ3) is 4.63. The van der Waals surface area contributed by atoms with Gasteiger partial charge in [0.1, 0.15) is 11.2 Å². The second-order valence-corrected chi connectivity index (χ2v) is 15.6. The molecule has 0 radical (unpaired) electrons. The predicted octanol–water partition coefficient (Wildman–Crippen LogP) is 15.3. The van der Waals surface area contributed by atoms with Gasteiger partial charge >= 0.3 is 0 Å². The first-order valence-corrected chi connectivity index (χ1v) is 19.8. The Kier molecular flexibility index (Phi) is 6.80. The van der Waals surface area contributed by atoms with Crippen molar-refractivity contribution in [1.29, 1.82) is 0 Å². The Labute approximate surface area is 326 Å². The predicted molar refractivity (Wildman–Crippen MR) is 239 cm³/mol. The number of benzene rings is 9. The van der Waals surface area contributed by atoms with E-state index in [0.29, 0.717) is 0 Å². The van der Waals surface area contributed by atoms with Crippen LogP contribution in [-0.2, 0) is 0 Å². The number of nitrogens with zero attached hydrogens (tertiary/aromatic N) is 2. The van der Waals surface area contributed by atoms with E-state index in [1.807, 2.05) is 11.3 Å². The van der Waals surface area contributed by atoms with Crippen LogP contribution in [0.15, 0.2) is 199 Å². The van der Waals surface area contributed by atoms with E-state index in [2.05, 4.69) is 204 Å². The zero-order valence-corrected chi connectivity index (χ0v) is 31.0. The molecule has 0 atom stereocenters. The van der Waals surface area contributed by atoms with Crippen LogP contribution in [-0.4, -0.2) is 4.57 Å². The maximum Gasteiger partial charge on any atom is 0.143 e. The van der Waals surface area contributed by atoms with Crippen molar-refractivity contribution in [2.45, 2.75) is 0 Å². The molecular formula is C52H32N2OS. The van der Waals surface area contributed by atoms with Gasteiger partial charge in [0.2, 0.25) is 0 Å². The van der Waals surface area contributed by atoms with E-state index in [0.717, 1.165) is 61.0 Å². The highest BCUT2D eigenvalue weighted by Crippen LogP contribution is 2.47. The second kappa shape index (κ2) is 12.2. The zero-order valence-electron chi connectivity index (χ0n) is 30.2. The Morgan fingerprint density at radius 2 is 1.07 bits per heavy atom. The summed E-state index contributed by atoms with van der Waals surface area (Å²) in [6.45, 7) is 0. The van der Waals surface area contributed by atoms with Crippen molar-refractivity contribution < 1.29 is 4.42 Å². The summed E-state index contributed by atoms with van der Waals surface area (Å²) in [7, 11) is 0. The molecular weight excluding hydrogens is 701 g/mol. The number of hydrogen-bond acceptors (Lipinski definition) is 3. The van der Waals surface area contributed by atoms with E-state index in [9.17, 15) is 0 Å². The van der Waals surface area contributed by atoms with Crippen LogP contribution in [0.25, 0.3) is 91.5 Å². The average Bonchev–Trinajstić information content (AvgIpc) is 3.94. The van der Waals surface area contributed by atoms with Gasteiger partial charge in [-0.3, -0.25) is 0 Å². The number of hydrogen-bond donors (Lipinski definition) is 0. The van der Waals surface area contributed by atoms with E-state index < -0.39 is 0 Å². The molecule has 12 rings (SSSR count). The summed E-state index contributed by atoms with van der Waals surface area (Å²) in [5.41, 5.74) is 10.8. The summed E-state index contributed by atoms with van der Waals surface area (Å²) in [5.74, 6) is 0. The summed E-state index contributed by atoms with van der Waals surface area (Å²) < 4.78 is 11.8. The molecule has 3 aromatic heterocycles. The Bertz CT molecular complexity index is 3460. The molecule has 0 amide bonds. The summed E-state index contributed by atoms with van der Waals surface area (Å²) in [5, 5.41) is 9.55. The molecule has 0 aliphatic carbocycles. The monoisotopic (exact) mass is 732 g/mol. The zero-order chi connectivity index (χ0) is 36.7. The smallest absolute Gasteiger partial charge is 0.143 e. The van der Waals surface area contributed by atoms with E-state index in [1.165, 1.54) is 47.5 Å². The van der Waals surface area contributed by atoms with Gasteiger partial charge in [-0.25, -0.2) is 0 Å². The molecule has 0 spiro atoms. The normalized spacial score (nSPS) is 11.9. The lowest BCUT2D eigenvalue weighted by Crippen LogP contribution is -2.13. The fraction of sp³-hybridized carbons (Fsp3) is 0. The van der Waals surface area contributed by atoms with E-state index in [1.54, 1.807) is 0 Å². The Morgan fingerprint density at radius 1 is 0.429 bits per heavy atom. The highest BCUT2D eigenvalue weighted by Gasteiger charge is 2.24. The molecule has 12 aromatic rings. The minimum absolute atomic E-state index is 0.861. The van der Waals surface area contributed by atoms with Crippen molar-refractivity contribution in [3.63, 3.8) is 0 Å². The Balaban J connectivity index is 1.14. The topological polar surface area (TPSA) is 21.3 Å². The molecule has 0 N–H and O–H groups in total. The summed E-state index contributed by atoms with van der Waals surface area (Å²) >= 11 is 1.86. The van der Waals surface area contributed by atoms with Crippen LogP contribution in [0.5, 0.6) is 0 Å². The van der Waals surface area contributed by atoms with Crippen molar-refractivity contribution in [2.75, 3.05) is 4.90 Å². The van der Waals surface area contributed by atoms with Crippen molar-refractivity contribution in [2.24, 2.45) is 0 Å². The number of furan rings is 1. The first kappa shape index (κ1) is 31.2. The molecule has 0 aliphatic heterocycles. The van der Waals surface area contributed by atoms with Crippen LogP contribution >= 0.6 is 11.3 Å². The highest BCUT2D eigenvalue weighted by molar-refractivity contribution is 7.25. The summed E-state index contributed by atoms with van der Waals surface area (Å²) in [4.78, 5) is 2.44. The third-order valence-corrected chi connectivity index (χ3v) is 12.5. The summed E-state index contributed by atoms with van der Waals surface area (Å²) in [6.07, 6.45) is 0. The lowest BCUT2D eigenvalue weighted by molar-refractivity contribution is 0.672. The molecule has 9 aromatic carbocycles. The van der Waals surface area contributed by atoms with Gasteiger partial charge in [0.05, 0.1) is 33.5 Å². The third-order valence-electron chi connectivity index (χ3n) is 11.4. The number of aromatic nitrogens is 1. The van der Waals surface area contributed by atoms with Crippen LogP contribution < -0.4 is 4.90 Å². The fourth-order valence-corrected chi connectivity index (χ4v) is 10.0. The number of fused-ring (bicyclic) bond motifs is 11. The van der Waals surface area contributed by atoms with Gasteiger partial charge in [-0.1, -0.05) is 127 Å². The lowest BCUT2D eigenvalue weighted by atomic mass is 10.0. The van der Waals surface area contributed by atoms with Gasteiger partial charge in [-0.15, -0.1) is 11.3 Å². The first-order chi connectivity index (χ1) is 27.8. The van der Waals surface area contributed by atoms with Crippen LogP contribution in [0.3, 0.4) is 0 Å². The lowest BCUT2D eigenvalue weighted by Gasteiger charge is -2.29. The van der Waals surface area contributed by atoms with Crippen LogP contribution in [0, 0.1) is 0 Å². The molecule has 0 saturated carbocycles. The molecule has 0 bridgehead atoms. The van der Waals surface area contributed by atoms with Crippen LogP contribution in [0.1, 0.15) is 0 Å². The summed E-state index contributed by atoms with van der Waals surface area (Å²) in [6, 6.07) is 70.3. The van der Waals surface area contributed by atoms with Gasteiger partial charge < -0.3 is 13.9 Å². The van der Waals surface area contributed by atoms with Crippen molar-refractivity contribution in [1.82, 2.24) is 4.57 Å². The van der Waals surface area contributed by atoms with Gasteiger partial charge in [0.25, 0.3) is 0 Å². The van der Waals surface area contributed by atoms with Crippen molar-refractivity contribution >= 4 is 103 Å². The van der Waals surface area contributed by atoms with Crippen LogP contribution in [0.2, 0.25) is 0 Å². The Hall–Kier alpha value is -7.14. The quantitative estimate of drug-likeness (QED) is 0.176. The minimum Gasteiger partial charge on any atom is -0.455 e. The van der Waals surface area contributed by atoms with Gasteiger partial charge in [0, 0.05) is 47.4 Å². The van der Waals surface area contributed by atoms with Gasteiger partial charge in [-0.05, 0) is 83.2 Å². The van der Waals surface area contributed by atoms with E-state index in [4.69, 9.17) is 4.42 Å². The molecule has 3 heterocycles. The molecule has 56 heavy (non-hydrogen) atoms. The number of anilines is 3. The number of para-hydroxylation sites is 4. The molecule has 3 nitrogen and oxygen atoms in total. The molecule has 262 valence electrons. The van der Waals surface area contributed by atoms with Crippen molar-refractivity contribution in [3.05, 3.63) is 194 Å². The largest absolute Gasteiger partial charge is 0.455 e. The maximum absolute atomic E-state index is 6.77.